The van der Waals surface area contributed by atoms with E-state index in [4.69, 9.17) is 9.47 Å². The molecule has 0 aliphatic carbocycles. The SMILES string of the molecule is COc1ccc(C(CF)(CF)c2ccc(OC)cc2)cc1. The molecular weight excluding hydrogens is 274 g/mol. The van der Waals surface area contributed by atoms with Gasteiger partial charge in [0.1, 0.15) is 24.8 Å². The smallest absolute Gasteiger partial charge is 0.118 e. The summed E-state index contributed by atoms with van der Waals surface area (Å²) < 4.78 is 37.7. The first kappa shape index (κ1) is 15.3. The van der Waals surface area contributed by atoms with Crippen molar-refractivity contribution < 1.29 is 18.3 Å². The molecule has 0 aromatic heterocycles. The Morgan fingerprint density at radius 1 is 0.714 bits per heavy atom. The number of rotatable bonds is 6. The van der Waals surface area contributed by atoms with Gasteiger partial charge >= 0.3 is 0 Å². The van der Waals surface area contributed by atoms with Crippen molar-refractivity contribution in [2.75, 3.05) is 27.6 Å². The van der Waals surface area contributed by atoms with Crippen LogP contribution < -0.4 is 9.47 Å². The molecule has 0 aliphatic rings. The zero-order valence-corrected chi connectivity index (χ0v) is 12.1. The second-order valence-corrected chi connectivity index (χ2v) is 4.81. The molecule has 112 valence electrons. The van der Waals surface area contributed by atoms with Crippen molar-refractivity contribution in [3.05, 3.63) is 59.7 Å². The van der Waals surface area contributed by atoms with Crippen molar-refractivity contribution in [2.24, 2.45) is 0 Å². The summed E-state index contributed by atoms with van der Waals surface area (Å²) in [4.78, 5) is 0. The van der Waals surface area contributed by atoms with E-state index in [1.54, 1.807) is 62.8 Å². The number of benzene rings is 2. The average molecular weight is 292 g/mol. The monoisotopic (exact) mass is 292 g/mol. The summed E-state index contributed by atoms with van der Waals surface area (Å²) in [6.07, 6.45) is 0. The van der Waals surface area contributed by atoms with Crippen LogP contribution in [0, 0.1) is 0 Å². The van der Waals surface area contributed by atoms with E-state index < -0.39 is 18.8 Å². The lowest BCUT2D eigenvalue weighted by molar-refractivity contribution is 0.278. The van der Waals surface area contributed by atoms with Gasteiger partial charge in [0, 0.05) is 0 Å². The molecule has 21 heavy (non-hydrogen) atoms. The highest BCUT2D eigenvalue weighted by atomic mass is 19.1. The molecule has 0 amide bonds. The average Bonchev–Trinajstić information content (AvgIpc) is 2.57. The Balaban J connectivity index is 2.46. The van der Waals surface area contributed by atoms with Gasteiger partial charge in [-0.05, 0) is 35.4 Å². The maximum atomic E-state index is 13.7. The topological polar surface area (TPSA) is 18.5 Å². The lowest BCUT2D eigenvalue weighted by Gasteiger charge is -2.29. The van der Waals surface area contributed by atoms with E-state index in [-0.39, 0.29) is 0 Å². The summed E-state index contributed by atoms with van der Waals surface area (Å²) in [7, 11) is 3.10. The molecule has 0 spiro atoms. The minimum Gasteiger partial charge on any atom is -0.497 e. The number of hydrogen-bond donors (Lipinski definition) is 0. The molecule has 0 heterocycles. The summed E-state index contributed by atoms with van der Waals surface area (Å²) in [6, 6.07) is 13.6. The second-order valence-electron chi connectivity index (χ2n) is 4.81. The van der Waals surface area contributed by atoms with Crippen molar-refractivity contribution in [3.8, 4) is 11.5 Å². The van der Waals surface area contributed by atoms with Crippen molar-refractivity contribution in [1.29, 1.82) is 0 Å². The molecule has 0 unspecified atom stereocenters. The zero-order chi connectivity index (χ0) is 15.3. The third-order valence-electron chi connectivity index (χ3n) is 3.74. The highest BCUT2D eigenvalue weighted by Crippen LogP contribution is 2.35. The van der Waals surface area contributed by atoms with Gasteiger partial charge in [-0.15, -0.1) is 0 Å². The Bertz CT molecular complexity index is 511. The van der Waals surface area contributed by atoms with Crippen LogP contribution >= 0.6 is 0 Å². The molecule has 2 rings (SSSR count). The summed E-state index contributed by atoms with van der Waals surface area (Å²) in [5.41, 5.74) is -0.129. The lowest BCUT2D eigenvalue weighted by Crippen LogP contribution is -2.32. The molecule has 0 radical (unpaired) electrons. The Hall–Kier alpha value is -2.10. The van der Waals surface area contributed by atoms with Crippen LogP contribution in [0.1, 0.15) is 11.1 Å². The van der Waals surface area contributed by atoms with Crippen LogP contribution in [-0.4, -0.2) is 27.6 Å². The molecule has 4 heteroatoms. The summed E-state index contributed by atoms with van der Waals surface area (Å²) in [5.74, 6) is 1.31. The molecule has 0 saturated heterocycles. The van der Waals surface area contributed by atoms with Crippen LogP contribution in [0.2, 0.25) is 0 Å². The van der Waals surface area contributed by atoms with Crippen LogP contribution in [0.5, 0.6) is 11.5 Å². The minimum atomic E-state index is -1.29. The number of alkyl halides is 2. The zero-order valence-electron chi connectivity index (χ0n) is 12.1. The van der Waals surface area contributed by atoms with Crippen LogP contribution in [0.15, 0.2) is 48.5 Å². The molecule has 0 fully saturated rings. The summed E-state index contributed by atoms with van der Waals surface area (Å²) >= 11 is 0. The van der Waals surface area contributed by atoms with Gasteiger partial charge in [-0.1, -0.05) is 24.3 Å². The first-order valence-corrected chi connectivity index (χ1v) is 6.61. The Morgan fingerprint density at radius 3 is 1.29 bits per heavy atom. The van der Waals surface area contributed by atoms with E-state index in [2.05, 4.69) is 0 Å². The van der Waals surface area contributed by atoms with Gasteiger partial charge < -0.3 is 9.47 Å². The fraction of sp³-hybridized carbons (Fsp3) is 0.294. The van der Waals surface area contributed by atoms with Crippen LogP contribution in [0.25, 0.3) is 0 Å². The quantitative estimate of drug-likeness (QED) is 0.803. The highest BCUT2D eigenvalue weighted by molar-refractivity contribution is 5.43. The van der Waals surface area contributed by atoms with E-state index in [1.807, 2.05) is 0 Å². The fourth-order valence-corrected chi connectivity index (χ4v) is 2.33. The Morgan fingerprint density at radius 2 is 1.05 bits per heavy atom. The van der Waals surface area contributed by atoms with E-state index in [0.29, 0.717) is 22.6 Å². The van der Waals surface area contributed by atoms with Crippen molar-refractivity contribution in [3.63, 3.8) is 0 Å². The number of hydrogen-bond acceptors (Lipinski definition) is 2. The Kier molecular flexibility index (Phi) is 4.78. The van der Waals surface area contributed by atoms with Gasteiger partial charge in [-0.2, -0.15) is 0 Å². The number of ether oxygens (including phenoxy) is 2. The van der Waals surface area contributed by atoms with E-state index >= 15 is 0 Å². The molecule has 2 aromatic rings. The Labute approximate surface area is 123 Å². The van der Waals surface area contributed by atoms with E-state index in [1.165, 1.54) is 0 Å². The predicted octanol–water partition coefficient (Wildman–Crippen LogP) is 3.93. The van der Waals surface area contributed by atoms with Gasteiger partial charge in [0.15, 0.2) is 0 Å². The molecule has 0 aliphatic heterocycles. The maximum absolute atomic E-state index is 13.7. The van der Waals surface area contributed by atoms with E-state index in [9.17, 15) is 8.78 Å². The molecule has 0 bridgehead atoms. The van der Waals surface area contributed by atoms with Crippen molar-refractivity contribution in [2.45, 2.75) is 5.41 Å². The third-order valence-corrected chi connectivity index (χ3v) is 3.74. The summed E-state index contributed by atoms with van der Waals surface area (Å²) in [6.45, 7) is -1.63. The number of methoxy groups -OCH3 is 2. The normalized spacial score (nSPS) is 11.2. The van der Waals surface area contributed by atoms with Gasteiger partial charge in [0.05, 0.1) is 19.6 Å². The van der Waals surface area contributed by atoms with E-state index in [0.717, 1.165) is 0 Å². The molecule has 2 aromatic carbocycles. The maximum Gasteiger partial charge on any atom is 0.118 e. The second kappa shape index (κ2) is 6.57. The van der Waals surface area contributed by atoms with Crippen molar-refractivity contribution >= 4 is 0 Å². The third kappa shape index (κ3) is 2.84. The van der Waals surface area contributed by atoms with Gasteiger partial charge in [-0.25, -0.2) is 8.78 Å². The predicted molar refractivity (Wildman–Crippen MR) is 78.7 cm³/mol. The molecule has 0 atom stereocenters. The highest BCUT2D eigenvalue weighted by Gasteiger charge is 2.35. The largest absolute Gasteiger partial charge is 0.497 e. The van der Waals surface area contributed by atoms with Gasteiger partial charge in [-0.3, -0.25) is 0 Å². The molecule has 0 saturated carbocycles. The molecule has 0 N–H and O–H groups in total. The first-order chi connectivity index (χ1) is 10.2. The van der Waals surface area contributed by atoms with Crippen LogP contribution in [0.3, 0.4) is 0 Å². The van der Waals surface area contributed by atoms with Gasteiger partial charge in [0.25, 0.3) is 0 Å². The van der Waals surface area contributed by atoms with Crippen molar-refractivity contribution in [1.82, 2.24) is 0 Å². The van der Waals surface area contributed by atoms with Crippen LogP contribution in [-0.2, 0) is 5.41 Å². The summed E-state index contributed by atoms with van der Waals surface area (Å²) in [5, 5.41) is 0. The molecular formula is C17H18F2O2. The number of halogens is 2. The van der Waals surface area contributed by atoms with Crippen LogP contribution in [0.4, 0.5) is 8.78 Å². The molecule has 2 nitrogen and oxygen atoms in total. The lowest BCUT2D eigenvalue weighted by atomic mass is 9.76. The standard InChI is InChI=1S/C17H18F2O2/c1-20-15-7-3-13(4-8-15)17(11-18,12-19)14-5-9-16(21-2)10-6-14/h3-10H,11-12H2,1-2H3. The van der Waals surface area contributed by atoms with Gasteiger partial charge in [0.2, 0.25) is 0 Å². The minimum absolute atomic E-state index is 0.582. The first-order valence-electron chi connectivity index (χ1n) is 6.61. The fourth-order valence-electron chi connectivity index (χ4n) is 2.33.